The molecule has 3 nitrogen and oxygen atoms in total. The van der Waals surface area contributed by atoms with Crippen LogP contribution in [0.25, 0.3) is 0 Å². The fourth-order valence-corrected chi connectivity index (χ4v) is 1.44. The third-order valence-corrected chi connectivity index (χ3v) is 2.54. The SMILES string of the molecule is CCOc1ccccc1OC(C)C(N)CC. The highest BCUT2D eigenvalue weighted by Gasteiger charge is 2.14. The number of hydrogen-bond donors (Lipinski definition) is 1. The summed E-state index contributed by atoms with van der Waals surface area (Å²) in [6.07, 6.45) is 0.893. The number of para-hydroxylation sites is 2. The summed E-state index contributed by atoms with van der Waals surface area (Å²) in [6.45, 7) is 6.63. The lowest BCUT2D eigenvalue weighted by Gasteiger charge is -2.21. The van der Waals surface area contributed by atoms with Gasteiger partial charge in [0.25, 0.3) is 0 Å². The van der Waals surface area contributed by atoms with Gasteiger partial charge >= 0.3 is 0 Å². The molecule has 1 aromatic rings. The van der Waals surface area contributed by atoms with E-state index in [4.69, 9.17) is 15.2 Å². The molecule has 0 aliphatic rings. The molecule has 0 bridgehead atoms. The zero-order valence-electron chi connectivity index (χ0n) is 10.3. The molecule has 2 atom stereocenters. The molecule has 0 heterocycles. The summed E-state index contributed by atoms with van der Waals surface area (Å²) in [4.78, 5) is 0. The van der Waals surface area contributed by atoms with Gasteiger partial charge in [0.2, 0.25) is 0 Å². The van der Waals surface area contributed by atoms with Crippen LogP contribution in [-0.2, 0) is 0 Å². The molecule has 0 saturated carbocycles. The molecule has 2 unspecified atom stereocenters. The molecule has 0 amide bonds. The predicted molar refractivity (Wildman–Crippen MR) is 66.0 cm³/mol. The zero-order chi connectivity index (χ0) is 12.0. The molecule has 0 fully saturated rings. The molecule has 0 saturated heterocycles. The Morgan fingerprint density at radius 2 is 1.81 bits per heavy atom. The minimum absolute atomic E-state index is 0.00777. The zero-order valence-corrected chi connectivity index (χ0v) is 10.3. The maximum atomic E-state index is 5.92. The van der Waals surface area contributed by atoms with Crippen molar-refractivity contribution in [3.05, 3.63) is 24.3 Å². The van der Waals surface area contributed by atoms with E-state index in [1.54, 1.807) is 0 Å². The van der Waals surface area contributed by atoms with Gasteiger partial charge in [0, 0.05) is 6.04 Å². The summed E-state index contributed by atoms with van der Waals surface area (Å²) in [5.74, 6) is 1.54. The number of hydrogen-bond acceptors (Lipinski definition) is 3. The van der Waals surface area contributed by atoms with E-state index in [0.29, 0.717) is 6.61 Å². The number of benzene rings is 1. The van der Waals surface area contributed by atoms with Crippen molar-refractivity contribution < 1.29 is 9.47 Å². The van der Waals surface area contributed by atoms with Gasteiger partial charge in [0.05, 0.1) is 6.61 Å². The molecule has 0 radical (unpaired) electrons. The number of nitrogens with two attached hydrogens (primary N) is 1. The summed E-state index contributed by atoms with van der Waals surface area (Å²) in [6, 6.07) is 7.73. The fraction of sp³-hybridized carbons (Fsp3) is 0.538. The maximum absolute atomic E-state index is 5.92. The largest absolute Gasteiger partial charge is 0.490 e. The third-order valence-electron chi connectivity index (χ3n) is 2.54. The van der Waals surface area contributed by atoms with Crippen molar-refractivity contribution in [2.45, 2.75) is 39.3 Å². The number of rotatable bonds is 6. The Kier molecular flexibility index (Phi) is 5.12. The average Bonchev–Trinajstić information content (AvgIpc) is 2.31. The third kappa shape index (κ3) is 3.42. The van der Waals surface area contributed by atoms with Crippen LogP contribution < -0.4 is 15.2 Å². The summed E-state index contributed by atoms with van der Waals surface area (Å²) in [5.41, 5.74) is 5.92. The van der Waals surface area contributed by atoms with Crippen LogP contribution in [0, 0.1) is 0 Å². The van der Waals surface area contributed by atoms with Gasteiger partial charge in [-0.1, -0.05) is 19.1 Å². The van der Waals surface area contributed by atoms with Crippen LogP contribution in [0.5, 0.6) is 11.5 Å². The van der Waals surface area contributed by atoms with Crippen molar-refractivity contribution in [1.29, 1.82) is 0 Å². The van der Waals surface area contributed by atoms with Gasteiger partial charge in [-0.15, -0.1) is 0 Å². The van der Waals surface area contributed by atoms with E-state index in [-0.39, 0.29) is 12.1 Å². The topological polar surface area (TPSA) is 44.5 Å². The van der Waals surface area contributed by atoms with Gasteiger partial charge in [-0.05, 0) is 32.4 Å². The van der Waals surface area contributed by atoms with Gasteiger partial charge < -0.3 is 15.2 Å². The second-order valence-electron chi connectivity index (χ2n) is 3.77. The van der Waals surface area contributed by atoms with Crippen LogP contribution in [0.1, 0.15) is 27.2 Å². The van der Waals surface area contributed by atoms with E-state index < -0.39 is 0 Å². The van der Waals surface area contributed by atoms with Crippen molar-refractivity contribution in [3.8, 4) is 11.5 Å². The molecule has 3 heteroatoms. The van der Waals surface area contributed by atoms with Crippen molar-refractivity contribution in [1.82, 2.24) is 0 Å². The first kappa shape index (κ1) is 12.8. The first-order valence-electron chi connectivity index (χ1n) is 5.83. The van der Waals surface area contributed by atoms with Crippen molar-refractivity contribution in [2.24, 2.45) is 5.73 Å². The molecule has 16 heavy (non-hydrogen) atoms. The smallest absolute Gasteiger partial charge is 0.161 e. The highest BCUT2D eigenvalue weighted by atomic mass is 16.5. The summed E-state index contributed by atoms with van der Waals surface area (Å²) in [7, 11) is 0. The quantitative estimate of drug-likeness (QED) is 0.806. The normalized spacial score (nSPS) is 14.2. The van der Waals surface area contributed by atoms with Gasteiger partial charge in [0.15, 0.2) is 11.5 Å². The lowest BCUT2D eigenvalue weighted by Crippen LogP contribution is -2.35. The lowest BCUT2D eigenvalue weighted by atomic mass is 10.1. The highest BCUT2D eigenvalue weighted by Crippen LogP contribution is 2.27. The Morgan fingerprint density at radius 1 is 1.19 bits per heavy atom. The Morgan fingerprint density at radius 3 is 2.38 bits per heavy atom. The van der Waals surface area contributed by atoms with E-state index >= 15 is 0 Å². The van der Waals surface area contributed by atoms with E-state index in [0.717, 1.165) is 17.9 Å². The predicted octanol–water partition coefficient (Wildman–Crippen LogP) is 2.59. The molecular weight excluding hydrogens is 202 g/mol. The lowest BCUT2D eigenvalue weighted by molar-refractivity contribution is 0.177. The van der Waals surface area contributed by atoms with Crippen LogP contribution in [-0.4, -0.2) is 18.8 Å². The molecule has 1 rings (SSSR count). The summed E-state index contributed by atoms with van der Waals surface area (Å²) in [5, 5.41) is 0. The Labute approximate surface area is 97.6 Å². The minimum atomic E-state index is -0.00777. The average molecular weight is 223 g/mol. The second kappa shape index (κ2) is 6.38. The van der Waals surface area contributed by atoms with Crippen LogP contribution in [0.3, 0.4) is 0 Å². The highest BCUT2D eigenvalue weighted by molar-refractivity contribution is 5.39. The van der Waals surface area contributed by atoms with Crippen molar-refractivity contribution in [2.75, 3.05) is 6.61 Å². The summed E-state index contributed by atoms with van der Waals surface area (Å²) < 4.78 is 11.3. The second-order valence-corrected chi connectivity index (χ2v) is 3.77. The van der Waals surface area contributed by atoms with Crippen LogP contribution in [0.15, 0.2) is 24.3 Å². The van der Waals surface area contributed by atoms with E-state index in [9.17, 15) is 0 Å². The van der Waals surface area contributed by atoms with Crippen molar-refractivity contribution >= 4 is 0 Å². The standard InChI is InChI=1S/C13H21NO2/c1-4-11(14)10(3)16-13-9-7-6-8-12(13)15-5-2/h6-11H,4-5,14H2,1-3H3. The van der Waals surface area contributed by atoms with Gasteiger partial charge in [0.1, 0.15) is 6.10 Å². The molecule has 0 aliphatic carbocycles. The maximum Gasteiger partial charge on any atom is 0.161 e. The fourth-order valence-electron chi connectivity index (χ4n) is 1.44. The molecule has 1 aromatic carbocycles. The van der Waals surface area contributed by atoms with Gasteiger partial charge in [-0.2, -0.15) is 0 Å². The van der Waals surface area contributed by atoms with E-state index in [1.165, 1.54) is 0 Å². The molecule has 0 aromatic heterocycles. The minimum Gasteiger partial charge on any atom is -0.490 e. The molecular formula is C13H21NO2. The van der Waals surface area contributed by atoms with E-state index in [1.807, 2.05) is 38.1 Å². The van der Waals surface area contributed by atoms with Gasteiger partial charge in [-0.3, -0.25) is 0 Å². The first-order valence-corrected chi connectivity index (χ1v) is 5.83. The van der Waals surface area contributed by atoms with Crippen LogP contribution in [0.4, 0.5) is 0 Å². The Bertz CT molecular complexity index is 315. The number of ether oxygens (including phenoxy) is 2. The van der Waals surface area contributed by atoms with Crippen LogP contribution in [0.2, 0.25) is 0 Å². The van der Waals surface area contributed by atoms with Gasteiger partial charge in [-0.25, -0.2) is 0 Å². The van der Waals surface area contributed by atoms with Crippen LogP contribution >= 0.6 is 0 Å². The van der Waals surface area contributed by atoms with E-state index in [2.05, 4.69) is 6.92 Å². The first-order chi connectivity index (χ1) is 7.69. The molecule has 0 spiro atoms. The Balaban J connectivity index is 2.71. The Hall–Kier alpha value is -1.22. The van der Waals surface area contributed by atoms with Crippen molar-refractivity contribution in [3.63, 3.8) is 0 Å². The molecule has 90 valence electrons. The summed E-state index contributed by atoms with van der Waals surface area (Å²) >= 11 is 0. The molecule has 2 N–H and O–H groups in total. The molecule has 0 aliphatic heterocycles. The monoisotopic (exact) mass is 223 g/mol.